The molecule has 0 radical (unpaired) electrons. The van der Waals surface area contributed by atoms with Crippen LogP contribution in [0, 0.1) is 5.41 Å². The first-order valence-electron chi connectivity index (χ1n) is 8.03. The number of nitrogens with one attached hydrogen (secondary N) is 2. The summed E-state index contributed by atoms with van der Waals surface area (Å²) in [6.45, 7) is 8.61. The molecule has 5 nitrogen and oxygen atoms in total. The summed E-state index contributed by atoms with van der Waals surface area (Å²) < 4.78 is 0. The minimum atomic E-state index is -0.897. The van der Waals surface area contributed by atoms with Crippen molar-refractivity contribution in [3.8, 4) is 0 Å². The number of carbonyl (C=O) groups is 2. The van der Waals surface area contributed by atoms with Crippen LogP contribution in [0.1, 0.15) is 72.6 Å². The third kappa shape index (κ3) is 11.1. The smallest absolute Gasteiger partial charge is 0.315 e. The van der Waals surface area contributed by atoms with Gasteiger partial charge in [-0.3, -0.25) is 4.79 Å². The second-order valence-corrected chi connectivity index (χ2v) is 6.68. The van der Waals surface area contributed by atoms with Crippen LogP contribution in [0.15, 0.2) is 0 Å². The molecule has 2 amide bonds. The summed E-state index contributed by atoms with van der Waals surface area (Å²) in [4.78, 5) is 22.7. The summed E-state index contributed by atoms with van der Waals surface area (Å²) in [5, 5.41) is 14.5. The fraction of sp³-hybridized carbons (Fsp3) is 0.875. The van der Waals surface area contributed by atoms with Gasteiger partial charge in [-0.15, -0.1) is 0 Å². The maximum atomic E-state index is 11.8. The SMILES string of the molecule is CCCCCCCCNC(=O)NC(CC(=O)O)C(C)(C)C. The molecule has 124 valence electrons. The number of carbonyl (C=O) groups excluding carboxylic acids is 1. The van der Waals surface area contributed by atoms with Gasteiger partial charge in [-0.25, -0.2) is 4.79 Å². The summed E-state index contributed by atoms with van der Waals surface area (Å²) in [6.07, 6.45) is 7.01. The van der Waals surface area contributed by atoms with Crippen molar-refractivity contribution in [3.63, 3.8) is 0 Å². The highest BCUT2D eigenvalue weighted by atomic mass is 16.4. The predicted octanol–water partition coefficient (Wildman–Crippen LogP) is 3.54. The van der Waals surface area contributed by atoms with Gasteiger partial charge in [0, 0.05) is 12.6 Å². The van der Waals surface area contributed by atoms with E-state index in [1.807, 2.05) is 20.8 Å². The van der Waals surface area contributed by atoms with E-state index in [-0.39, 0.29) is 23.9 Å². The molecule has 3 N–H and O–H groups in total. The molecule has 0 aliphatic rings. The Bertz CT molecular complexity index is 311. The Morgan fingerprint density at radius 1 is 1.05 bits per heavy atom. The van der Waals surface area contributed by atoms with Crippen molar-refractivity contribution in [2.45, 2.75) is 78.7 Å². The van der Waals surface area contributed by atoms with E-state index < -0.39 is 5.97 Å². The van der Waals surface area contributed by atoms with Crippen molar-refractivity contribution in [2.24, 2.45) is 5.41 Å². The lowest BCUT2D eigenvalue weighted by molar-refractivity contribution is -0.138. The lowest BCUT2D eigenvalue weighted by Crippen LogP contribution is -2.49. The Hall–Kier alpha value is -1.26. The van der Waals surface area contributed by atoms with Crippen LogP contribution in [0.2, 0.25) is 0 Å². The minimum Gasteiger partial charge on any atom is -0.481 e. The van der Waals surface area contributed by atoms with E-state index in [2.05, 4.69) is 17.6 Å². The van der Waals surface area contributed by atoms with E-state index in [1.165, 1.54) is 25.7 Å². The van der Waals surface area contributed by atoms with Crippen LogP contribution >= 0.6 is 0 Å². The number of carboxylic acids is 1. The Morgan fingerprint density at radius 2 is 1.62 bits per heavy atom. The van der Waals surface area contributed by atoms with Gasteiger partial charge in [0.2, 0.25) is 0 Å². The molecular formula is C16H32N2O3. The fourth-order valence-corrected chi connectivity index (χ4v) is 2.06. The maximum Gasteiger partial charge on any atom is 0.315 e. The second kappa shape index (κ2) is 10.5. The number of carboxylic acid groups (broad SMARTS) is 1. The van der Waals surface area contributed by atoms with Crippen LogP contribution in [0.25, 0.3) is 0 Å². The lowest BCUT2D eigenvalue weighted by Gasteiger charge is -2.30. The van der Waals surface area contributed by atoms with Gasteiger partial charge >= 0.3 is 12.0 Å². The Kier molecular flexibility index (Phi) is 9.84. The van der Waals surface area contributed by atoms with Crippen molar-refractivity contribution in [1.29, 1.82) is 0 Å². The van der Waals surface area contributed by atoms with E-state index in [4.69, 9.17) is 5.11 Å². The molecule has 0 bridgehead atoms. The summed E-state index contributed by atoms with van der Waals surface area (Å²) in [6, 6.07) is -0.649. The summed E-state index contributed by atoms with van der Waals surface area (Å²) in [7, 11) is 0. The first-order chi connectivity index (χ1) is 9.77. The third-order valence-corrected chi connectivity index (χ3v) is 3.55. The molecule has 0 saturated heterocycles. The number of aliphatic carboxylic acids is 1. The first kappa shape index (κ1) is 19.7. The zero-order valence-electron chi connectivity index (χ0n) is 14.0. The highest BCUT2D eigenvalue weighted by Crippen LogP contribution is 2.21. The molecule has 0 rings (SSSR count). The van der Waals surface area contributed by atoms with Crippen molar-refractivity contribution in [1.82, 2.24) is 10.6 Å². The Morgan fingerprint density at radius 3 is 2.14 bits per heavy atom. The van der Waals surface area contributed by atoms with Crippen molar-refractivity contribution < 1.29 is 14.7 Å². The number of amides is 2. The summed E-state index contributed by atoms with van der Waals surface area (Å²) >= 11 is 0. The largest absolute Gasteiger partial charge is 0.481 e. The number of hydrogen-bond donors (Lipinski definition) is 3. The Labute approximate surface area is 128 Å². The van der Waals surface area contributed by atoms with Crippen LogP contribution in [-0.2, 0) is 4.79 Å². The molecular weight excluding hydrogens is 268 g/mol. The van der Waals surface area contributed by atoms with E-state index in [1.54, 1.807) is 0 Å². The molecule has 0 spiro atoms. The van der Waals surface area contributed by atoms with Gasteiger partial charge in [-0.1, -0.05) is 59.8 Å². The molecule has 21 heavy (non-hydrogen) atoms. The van der Waals surface area contributed by atoms with Crippen LogP contribution in [0.4, 0.5) is 4.79 Å². The van der Waals surface area contributed by atoms with Gasteiger partial charge in [0.25, 0.3) is 0 Å². The average molecular weight is 300 g/mol. The molecule has 0 fully saturated rings. The number of unbranched alkanes of at least 4 members (excludes halogenated alkanes) is 5. The van der Waals surface area contributed by atoms with Crippen molar-refractivity contribution in [3.05, 3.63) is 0 Å². The number of hydrogen-bond acceptors (Lipinski definition) is 2. The highest BCUT2D eigenvalue weighted by molar-refractivity contribution is 5.75. The van der Waals surface area contributed by atoms with Crippen molar-refractivity contribution in [2.75, 3.05) is 6.54 Å². The van der Waals surface area contributed by atoms with Gasteiger partial charge in [-0.05, 0) is 11.8 Å². The van der Waals surface area contributed by atoms with Gasteiger partial charge < -0.3 is 15.7 Å². The van der Waals surface area contributed by atoms with E-state index in [0.29, 0.717) is 6.54 Å². The van der Waals surface area contributed by atoms with Crippen LogP contribution in [-0.4, -0.2) is 29.7 Å². The molecule has 1 atom stereocenters. The van der Waals surface area contributed by atoms with E-state index in [9.17, 15) is 9.59 Å². The van der Waals surface area contributed by atoms with Crippen LogP contribution in [0.3, 0.4) is 0 Å². The number of rotatable bonds is 10. The molecule has 0 aromatic carbocycles. The zero-order valence-corrected chi connectivity index (χ0v) is 14.0. The molecule has 0 aliphatic heterocycles. The molecule has 5 heteroatoms. The third-order valence-electron chi connectivity index (χ3n) is 3.55. The van der Waals surface area contributed by atoms with Gasteiger partial charge in [0.15, 0.2) is 0 Å². The van der Waals surface area contributed by atoms with Crippen LogP contribution in [0.5, 0.6) is 0 Å². The minimum absolute atomic E-state index is 0.0616. The zero-order chi connectivity index (χ0) is 16.3. The van der Waals surface area contributed by atoms with E-state index in [0.717, 1.165) is 12.8 Å². The quantitative estimate of drug-likeness (QED) is 0.540. The number of urea groups is 1. The van der Waals surface area contributed by atoms with E-state index >= 15 is 0 Å². The highest BCUT2D eigenvalue weighted by Gasteiger charge is 2.28. The monoisotopic (exact) mass is 300 g/mol. The predicted molar refractivity (Wildman–Crippen MR) is 85.4 cm³/mol. The van der Waals surface area contributed by atoms with Gasteiger partial charge in [-0.2, -0.15) is 0 Å². The molecule has 1 unspecified atom stereocenters. The molecule has 0 saturated carbocycles. The topological polar surface area (TPSA) is 78.4 Å². The summed E-state index contributed by atoms with van der Waals surface area (Å²) in [5.41, 5.74) is -0.282. The average Bonchev–Trinajstić information content (AvgIpc) is 2.35. The van der Waals surface area contributed by atoms with Crippen molar-refractivity contribution >= 4 is 12.0 Å². The van der Waals surface area contributed by atoms with Gasteiger partial charge in [0.05, 0.1) is 6.42 Å². The molecule has 0 aliphatic carbocycles. The summed E-state index contributed by atoms with van der Waals surface area (Å²) in [5.74, 6) is -0.897. The maximum absolute atomic E-state index is 11.8. The molecule has 0 heterocycles. The fourth-order valence-electron chi connectivity index (χ4n) is 2.06. The van der Waals surface area contributed by atoms with Crippen LogP contribution < -0.4 is 10.6 Å². The standard InChI is InChI=1S/C16H32N2O3/c1-5-6-7-8-9-10-11-17-15(21)18-13(12-14(19)20)16(2,3)4/h13H,5-12H2,1-4H3,(H,19,20)(H2,17,18,21). The normalized spacial score (nSPS) is 12.8. The molecule has 0 aromatic rings. The Balaban J connectivity index is 3.91. The second-order valence-electron chi connectivity index (χ2n) is 6.68. The lowest BCUT2D eigenvalue weighted by atomic mass is 9.85. The molecule has 0 aromatic heterocycles. The van der Waals surface area contributed by atoms with Gasteiger partial charge in [0.1, 0.15) is 0 Å². The first-order valence-corrected chi connectivity index (χ1v) is 8.03.